The first-order valence-corrected chi connectivity index (χ1v) is 5.68. The number of amides is 1. The van der Waals surface area contributed by atoms with E-state index in [4.69, 9.17) is 0 Å². The van der Waals surface area contributed by atoms with Gasteiger partial charge < -0.3 is 10.1 Å². The van der Waals surface area contributed by atoms with Gasteiger partial charge in [0.15, 0.2) is 0 Å². The van der Waals surface area contributed by atoms with Crippen molar-refractivity contribution in [2.24, 2.45) is 5.41 Å². The van der Waals surface area contributed by atoms with Crippen molar-refractivity contribution in [3.05, 3.63) is 0 Å². The second-order valence-corrected chi connectivity index (χ2v) is 5.06. The molecule has 1 aliphatic carbocycles. The van der Waals surface area contributed by atoms with Crippen molar-refractivity contribution >= 4 is 11.9 Å². The molecular weight excluding hydrogens is 251 g/mol. The summed E-state index contributed by atoms with van der Waals surface area (Å²) < 4.78 is 39.9. The molecule has 0 saturated heterocycles. The number of hydrogen-bond donors (Lipinski definition) is 1. The van der Waals surface area contributed by atoms with Crippen molar-refractivity contribution in [1.29, 1.82) is 0 Å². The molecule has 0 atom stereocenters. The Labute approximate surface area is 103 Å². The molecule has 0 radical (unpaired) electrons. The highest BCUT2D eigenvalue weighted by molar-refractivity contribution is 5.83. The van der Waals surface area contributed by atoms with Crippen molar-refractivity contribution in [2.75, 3.05) is 6.61 Å². The molecule has 4 nitrogen and oxygen atoms in total. The van der Waals surface area contributed by atoms with Crippen LogP contribution in [0, 0.1) is 5.41 Å². The van der Waals surface area contributed by atoms with Crippen LogP contribution < -0.4 is 5.32 Å². The van der Waals surface area contributed by atoms with Crippen LogP contribution in [0.4, 0.5) is 13.2 Å². The Kier molecular flexibility index (Phi) is 4.24. The Morgan fingerprint density at radius 3 is 2.22 bits per heavy atom. The summed E-state index contributed by atoms with van der Waals surface area (Å²) in [6, 6.07) is 0.0927. The lowest BCUT2D eigenvalue weighted by molar-refractivity contribution is -0.202. The molecule has 7 heteroatoms. The number of esters is 1. The molecule has 1 saturated carbocycles. The largest absolute Gasteiger partial charge is 0.490 e. The van der Waals surface area contributed by atoms with Gasteiger partial charge in [-0.05, 0) is 33.1 Å². The van der Waals surface area contributed by atoms with Gasteiger partial charge in [-0.25, -0.2) is 4.79 Å². The molecule has 1 fully saturated rings. The van der Waals surface area contributed by atoms with Gasteiger partial charge in [0.25, 0.3) is 0 Å². The van der Waals surface area contributed by atoms with Gasteiger partial charge >= 0.3 is 12.1 Å². The van der Waals surface area contributed by atoms with Crippen LogP contribution in [-0.2, 0) is 14.3 Å². The fourth-order valence-corrected chi connectivity index (χ4v) is 1.33. The summed E-state index contributed by atoms with van der Waals surface area (Å²) in [5, 5.41) is 2.71. The molecule has 0 spiro atoms. The first-order valence-electron chi connectivity index (χ1n) is 5.68. The number of alkyl halides is 3. The van der Waals surface area contributed by atoms with E-state index in [1.54, 1.807) is 0 Å². The molecule has 0 aromatic heterocycles. The lowest BCUT2D eigenvalue weighted by atomic mass is 9.89. The maximum atomic E-state index is 11.9. The first-order chi connectivity index (χ1) is 8.13. The molecule has 0 unspecified atom stereocenters. The van der Waals surface area contributed by atoms with Gasteiger partial charge in [0.05, 0.1) is 5.41 Å². The summed E-state index contributed by atoms with van der Waals surface area (Å²) in [6.45, 7) is 2.28. The average molecular weight is 267 g/mol. The second kappa shape index (κ2) is 5.16. The number of ether oxygens (including phenoxy) is 1. The van der Waals surface area contributed by atoms with Gasteiger partial charge in [0.2, 0.25) is 5.91 Å². The molecule has 1 amide bonds. The first kappa shape index (κ1) is 14.8. The zero-order valence-corrected chi connectivity index (χ0v) is 10.3. The van der Waals surface area contributed by atoms with Crippen LogP contribution in [0.25, 0.3) is 0 Å². The van der Waals surface area contributed by atoms with Gasteiger partial charge in [0.1, 0.15) is 6.61 Å². The van der Waals surface area contributed by atoms with Crippen molar-refractivity contribution in [1.82, 2.24) is 5.32 Å². The number of carbonyl (C=O) groups excluding carboxylic acids is 2. The maximum absolute atomic E-state index is 11.9. The summed E-state index contributed by atoms with van der Waals surface area (Å²) >= 11 is 0. The Balaban J connectivity index is 2.42. The predicted octanol–water partition coefficient (Wildman–Crippen LogP) is 1.79. The molecule has 1 rings (SSSR count). The minimum absolute atomic E-state index is 0.0927. The molecular formula is C11H16F3NO3. The van der Waals surface area contributed by atoms with Gasteiger partial charge in [0, 0.05) is 6.04 Å². The van der Waals surface area contributed by atoms with Gasteiger partial charge in [-0.2, -0.15) is 13.2 Å². The number of halogens is 3. The normalized spacial score (nSPS) is 16.9. The average Bonchev–Trinajstić information content (AvgIpc) is 2.18. The minimum Gasteiger partial charge on any atom is -0.458 e. The lowest BCUT2D eigenvalue weighted by Gasteiger charge is -2.31. The predicted molar refractivity (Wildman–Crippen MR) is 56.6 cm³/mol. The summed E-state index contributed by atoms with van der Waals surface area (Å²) in [5.41, 5.74) is -1.17. The van der Waals surface area contributed by atoms with Crippen LogP contribution in [0.15, 0.2) is 0 Å². The highest BCUT2D eigenvalue weighted by Gasteiger charge is 2.42. The maximum Gasteiger partial charge on any atom is 0.490 e. The monoisotopic (exact) mass is 267 g/mol. The number of hydrogen-bond acceptors (Lipinski definition) is 3. The molecule has 18 heavy (non-hydrogen) atoms. The lowest BCUT2D eigenvalue weighted by Crippen LogP contribution is -2.48. The van der Waals surface area contributed by atoms with Gasteiger partial charge in [-0.15, -0.1) is 0 Å². The fourth-order valence-electron chi connectivity index (χ4n) is 1.33. The van der Waals surface area contributed by atoms with E-state index in [0.29, 0.717) is 0 Å². The Morgan fingerprint density at radius 1 is 1.28 bits per heavy atom. The third-order valence-electron chi connectivity index (χ3n) is 2.85. The van der Waals surface area contributed by atoms with E-state index in [-0.39, 0.29) is 6.04 Å². The molecule has 0 aromatic carbocycles. The fraction of sp³-hybridized carbons (Fsp3) is 0.818. The quantitative estimate of drug-likeness (QED) is 0.790. The van der Waals surface area contributed by atoms with Crippen LogP contribution >= 0.6 is 0 Å². The zero-order valence-electron chi connectivity index (χ0n) is 10.3. The molecule has 0 aromatic rings. The molecule has 0 aliphatic heterocycles. The SMILES string of the molecule is CC(C)(COC(=O)C(F)(F)F)C(=O)NC1CCC1. The Hall–Kier alpha value is -1.27. The summed E-state index contributed by atoms with van der Waals surface area (Å²) in [7, 11) is 0. The topological polar surface area (TPSA) is 55.4 Å². The third kappa shape index (κ3) is 3.89. The highest BCUT2D eigenvalue weighted by atomic mass is 19.4. The number of carbonyl (C=O) groups is 2. The zero-order chi connectivity index (χ0) is 14.0. The third-order valence-corrected chi connectivity index (χ3v) is 2.85. The summed E-state index contributed by atoms with van der Waals surface area (Å²) in [5.74, 6) is -2.67. The van der Waals surface area contributed by atoms with E-state index in [2.05, 4.69) is 10.1 Å². The number of rotatable bonds is 4. The molecule has 0 bridgehead atoms. The van der Waals surface area contributed by atoms with E-state index < -0.39 is 30.1 Å². The van der Waals surface area contributed by atoms with E-state index in [1.165, 1.54) is 13.8 Å². The van der Waals surface area contributed by atoms with Crippen molar-refractivity contribution in [2.45, 2.75) is 45.3 Å². The van der Waals surface area contributed by atoms with Crippen LogP contribution in [0.5, 0.6) is 0 Å². The van der Waals surface area contributed by atoms with Crippen molar-refractivity contribution in [3.8, 4) is 0 Å². The molecule has 1 aliphatic rings. The van der Waals surface area contributed by atoms with Gasteiger partial charge in [-0.1, -0.05) is 0 Å². The van der Waals surface area contributed by atoms with Crippen LogP contribution in [0.3, 0.4) is 0 Å². The molecule has 1 N–H and O–H groups in total. The Bertz CT molecular complexity index is 335. The van der Waals surface area contributed by atoms with E-state index in [9.17, 15) is 22.8 Å². The second-order valence-electron chi connectivity index (χ2n) is 5.06. The van der Waals surface area contributed by atoms with Crippen molar-refractivity contribution < 1.29 is 27.5 Å². The van der Waals surface area contributed by atoms with Crippen LogP contribution in [0.1, 0.15) is 33.1 Å². The van der Waals surface area contributed by atoms with Gasteiger partial charge in [-0.3, -0.25) is 4.79 Å². The highest BCUT2D eigenvalue weighted by Crippen LogP contribution is 2.23. The molecule has 104 valence electrons. The van der Waals surface area contributed by atoms with E-state index >= 15 is 0 Å². The summed E-state index contributed by atoms with van der Waals surface area (Å²) in [4.78, 5) is 22.3. The van der Waals surface area contributed by atoms with Crippen LogP contribution in [0.2, 0.25) is 0 Å². The van der Waals surface area contributed by atoms with Crippen molar-refractivity contribution in [3.63, 3.8) is 0 Å². The molecule has 0 heterocycles. The number of nitrogens with one attached hydrogen (secondary N) is 1. The van der Waals surface area contributed by atoms with E-state index in [1.807, 2.05) is 0 Å². The van der Waals surface area contributed by atoms with Crippen LogP contribution in [-0.4, -0.2) is 30.7 Å². The minimum atomic E-state index is -5.03. The Morgan fingerprint density at radius 2 is 1.83 bits per heavy atom. The standard InChI is InChI=1S/C11H16F3NO3/c1-10(2,6-18-9(17)11(12,13)14)8(16)15-7-4-3-5-7/h7H,3-6H2,1-2H3,(H,15,16). The van der Waals surface area contributed by atoms with E-state index in [0.717, 1.165) is 19.3 Å². The summed E-state index contributed by atoms with van der Waals surface area (Å²) in [6.07, 6.45) is -2.23. The smallest absolute Gasteiger partial charge is 0.458 e.